The topological polar surface area (TPSA) is 32.3 Å². The Bertz CT molecular complexity index is 180. The number of carbonyl (C=O) groups is 1. The molecule has 3 nitrogen and oxygen atoms in total. The number of rotatable bonds is 2. The van der Waals surface area contributed by atoms with Gasteiger partial charge in [-0.25, -0.2) is 0 Å². The number of nitrogens with one attached hydrogen (secondary N) is 1. The molecule has 1 amide bonds. The van der Waals surface area contributed by atoms with Crippen LogP contribution in [0, 0.1) is 5.92 Å². The van der Waals surface area contributed by atoms with Crippen LogP contribution in [0.5, 0.6) is 0 Å². The molecule has 0 spiro atoms. The summed E-state index contributed by atoms with van der Waals surface area (Å²) in [5.41, 5.74) is 0. The molecule has 13 heavy (non-hydrogen) atoms. The molecule has 1 fully saturated rings. The Balaban J connectivity index is 2.46. The summed E-state index contributed by atoms with van der Waals surface area (Å²) in [7, 11) is 0. The van der Waals surface area contributed by atoms with E-state index in [0.29, 0.717) is 18.4 Å². The van der Waals surface area contributed by atoms with Crippen LogP contribution >= 0.6 is 0 Å². The number of amides is 1. The Morgan fingerprint density at radius 1 is 1.62 bits per heavy atom. The van der Waals surface area contributed by atoms with E-state index in [1.807, 2.05) is 11.8 Å². The molecule has 0 bridgehead atoms. The Morgan fingerprint density at radius 3 is 2.85 bits per heavy atom. The van der Waals surface area contributed by atoms with Crippen LogP contribution in [0.15, 0.2) is 0 Å². The first-order chi connectivity index (χ1) is 6.15. The van der Waals surface area contributed by atoms with Crippen molar-refractivity contribution in [1.29, 1.82) is 0 Å². The Morgan fingerprint density at radius 2 is 2.31 bits per heavy atom. The Hall–Kier alpha value is -0.570. The van der Waals surface area contributed by atoms with Gasteiger partial charge in [-0.3, -0.25) is 4.79 Å². The molecule has 0 aromatic rings. The fraction of sp³-hybridized carbons (Fsp3) is 0.900. The van der Waals surface area contributed by atoms with Crippen LogP contribution in [-0.4, -0.2) is 36.5 Å². The molecule has 1 aliphatic heterocycles. The average Bonchev–Trinajstić information content (AvgIpc) is 2.17. The van der Waals surface area contributed by atoms with Gasteiger partial charge in [-0.2, -0.15) is 0 Å². The minimum absolute atomic E-state index is 0.284. The zero-order valence-electron chi connectivity index (χ0n) is 8.84. The number of piperazine rings is 1. The minimum atomic E-state index is 0.284. The lowest BCUT2D eigenvalue weighted by molar-refractivity contribution is -0.132. The van der Waals surface area contributed by atoms with Crippen LogP contribution < -0.4 is 5.32 Å². The first-order valence-electron chi connectivity index (χ1n) is 5.16. The van der Waals surface area contributed by atoms with Crippen LogP contribution in [0.2, 0.25) is 0 Å². The summed E-state index contributed by atoms with van der Waals surface area (Å²) >= 11 is 0. The van der Waals surface area contributed by atoms with Gasteiger partial charge in [0.2, 0.25) is 5.91 Å². The Labute approximate surface area is 80.5 Å². The molecule has 0 saturated carbocycles. The highest BCUT2D eigenvalue weighted by Gasteiger charge is 2.23. The van der Waals surface area contributed by atoms with Gasteiger partial charge in [0.25, 0.3) is 0 Å². The number of hydrogen-bond acceptors (Lipinski definition) is 2. The highest BCUT2D eigenvalue weighted by molar-refractivity contribution is 5.75. The van der Waals surface area contributed by atoms with Crippen molar-refractivity contribution in [2.75, 3.05) is 19.6 Å². The SMILES string of the molecule is CCC(=O)N1CCNC(C(C)C)C1. The van der Waals surface area contributed by atoms with Crippen molar-refractivity contribution in [3.63, 3.8) is 0 Å². The van der Waals surface area contributed by atoms with E-state index in [2.05, 4.69) is 19.2 Å². The number of nitrogens with zero attached hydrogens (tertiary/aromatic N) is 1. The zero-order valence-corrected chi connectivity index (χ0v) is 8.84. The van der Waals surface area contributed by atoms with Gasteiger partial charge >= 0.3 is 0 Å². The summed E-state index contributed by atoms with van der Waals surface area (Å²) in [6.45, 7) is 9.00. The van der Waals surface area contributed by atoms with E-state index in [1.165, 1.54) is 0 Å². The van der Waals surface area contributed by atoms with Gasteiger partial charge in [0.15, 0.2) is 0 Å². The number of hydrogen-bond donors (Lipinski definition) is 1. The first kappa shape index (κ1) is 10.5. The second-order valence-corrected chi connectivity index (χ2v) is 4.00. The van der Waals surface area contributed by atoms with Crippen LogP contribution in [0.4, 0.5) is 0 Å². The molecule has 1 rings (SSSR count). The predicted molar refractivity (Wildman–Crippen MR) is 53.5 cm³/mol. The largest absolute Gasteiger partial charge is 0.340 e. The van der Waals surface area contributed by atoms with E-state index in [4.69, 9.17) is 0 Å². The summed E-state index contributed by atoms with van der Waals surface area (Å²) in [4.78, 5) is 13.4. The lowest BCUT2D eigenvalue weighted by Crippen LogP contribution is -2.54. The van der Waals surface area contributed by atoms with Gasteiger partial charge in [0.05, 0.1) is 0 Å². The quantitative estimate of drug-likeness (QED) is 0.690. The molecule has 1 atom stereocenters. The van der Waals surface area contributed by atoms with Gasteiger partial charge in [-0.15, -0.1) is 0 Å². The third-order valence-electron chi connectivity index (χ3n) is 2.67. The summed E-state index contributed by atoms with van der Waals surface area (Å²) < 4.78 is 0. The molecule has 3 heteroatoms. The molecule has 1 heterocycles. The van der Waals surface area contributed by atoms with Crippen LogP contribution in [0.25, 0.3) is 0 Å². The number of carbonyl (C=O) groups excluding carboxylic acids is 1. The third-order valence-corrected chi connectivity index (χ3v) is 2.67. The molecule has 1 unspecified atom stereocenters. The van der Waals surface area contributed by atoms with E-state index in [9.17, 15) is 4.79 Å². The van der Waals surface area contributed by atoms with Gasteiger partial charge in [0.1, 0.15) is 0 Å². The van der Waals surface area contributed by atoms with Crippen molar-refractivity contribution in [3.05, 3.63) is 0 Å². The fourth-order valence-electron chi connectivity index (χ4n) is 1.67. The molecular formula is C10H20N2O. The standard InChI is InChI=1S/C10H20N2O/c1-4-10(13)12-6-5-11-9(7-12)8(2)3/h8-9,11H,4-7H2,1-3H3. The van der Waals surface area contributed by atoms with Gasteiger partial charge in [-0.1, -0.05) is 20.8 Å². The van der Waals surface area contributed by atoms with Gasteiger partial charge in [-0.05, 0) is 5.92 Å². The molecular weight excluding hydrogens is 164 g/mol. The molecule has 0 aromatic carbocycles. The zero-order chi connectivity index (χ0) is 9.84. The second-order valence-electron chi connectivity index (χ2n) is 4.00. The average molecular weight is 184 g/mol. The predicted octanol–water partition coefficient (Wildman–Crippen LogP) is 0.853. The van der Waals surface area contributed by atoms with Crippen LogP contribution in [-0.2, 0) is 4.79 Å². The molecule has 1 N–H and O–H groups in total. The lowest BCUT2D eigenvalue weighted by Gasteiger charge is -2.35. The second kappa shape index (κ2) is 4.61. The van der Waals surface area contributed by atoms with Gasteiger partial charge < -0.3 is 10.2 Å². The summed E-state index contributed by atoms with van der Waals surface area (Å²) in [5, 5.41) is 3.43. The van der Waals surface area contributed by atoms with Crippen molar-refractivity contribution in [3.8, 4) is 0 Å². The van der Waals surface area contributed by atoms with E-state index in [0.717, 1.165) is 19.6 Å². The fourth-order valence-corrected chi connectivity index (χ4v) is 1.67. The molecule has 0 radical (unpaired) electrons. The van der Waals surface area contributed by atoms with E-state index in [-0.39, 0.29) is 5.91 Å². The van der Waals surface area contributed by atoms with E-state index in [1.54, 1.807) is 0 Å². The lowest BCUT2D eigenvalue weighted by atomic mass is 10.0. The monoisotopic (exact) mass is 184 g/mol. The molecule has 1 saturated heterocycles. The van der Waals surface area contributed by atoms with Crippen LogP contribution in [0.1, 0.15) is 27.2 Å². The first-order valence-corrected chi connectivity index (χ1v) is 5.16. The minimum Gasteiger partial charge on any atom is -0.340 e. The van der Waals surface area contributed by atoms with Gasteiger partial charge in [0, 0.05) is 32.1 Å². The summed E-state index contributed by atoms with van der Waals surface area (Å²) in [6.07, 6.45) is 0.630. The normalized spacial score (nSPS) is 23.7. The van der Waals surface area contributed by atoms with Crippen molar-refractivity contribution >= 4 is 5.91 Å². The summed E-state index contributed by atoms with van der Waals surface area (Å²) in [6, 6.07) is 0.476. The maximum Gasteiger partial charge on any atom is 0.222 e. The third kappa shape index (κ3) is 2.69. The maximum absolute atomic E-state index is 11.4. The van der Waals surface area contributed by atoms with Crippen molar-refractivity contribution in [1.82, 2.24) is 10.2 Å². The summed E-state index contributed by atoms with van der Waals surface area (Å²) in [5.74, 6) is 0.889. The molecule has 76 valence electrons. The van der Waals surface area contributed by atoms with Crippen molar-refractivity contribution < 1.29 is 4.79 Å². The highest BCUT2D eigenvalue weighted by atomic mass is 16.2. The van der Waals surface area contributed by atoms with Crippen molar-refractivity contribution in [2.45, 2.75) is 33.2 Å². The van der Waals surface area contributed by atoms with E-state index >= 15 is 0 Å². The van der Waals surface area contributed by atoms with Crippen LogP contribution in [0.3, 0.4) is 0 Å². The molecule has 0 aliphatic carbocycles. The smallest absolute Gasteiger partial charge is 0.222 e. The van der Waals surface area contributed by atoms with Crippen molar-refractivity contribution in [2.24, 2.45) is 5.92 Å². The Kier molecular flexibility index (Phi) is 3.72. The molecule has 0 aromatic heterocycles. The van der Waals surface area contributed by atoms with E-state index < -0.39 is 0 Å². The molecule has 1 aliphatic rings. The maximum atomic E-state index is 11.4. The highest BCUT2D eigenvalue weighted by Crippen LogP contribution is 2.08.